The van der Waals surface area contributed by atoms with Gasteiger partial charge in [-0.15, -0.1) is 0 Å². The van der Waals surface area contributed by atoms with E-state index in [1.54, 1.807) is 6.07 Å². The van der Waals surface area contributed by atoms with Gasteiger partial charge >= 0.3 is 0 Å². The van der Waals surface area contributed by atoms with Crippen LogP contribution < -0.4 is 10.6 Å². The molecule has 2 rings (SSSR count). The van der Waals surface area contributed by atoms with Gasteiger partial charge in [0.15, 0.2) is 0 Å². The van der Waals surface area contributed by atoms with E-state index in [0.717, 1.165) is 18.2 Å². The number of hydrogen-bond acceptors (Lipinski definition) is 3. The minimum absolute atomic E-state index is 0.436. The lowest BCUT2D eigenvalue weighted by molar-refractivity contribution is 0.645. The fourth-order valence-corrected chi connectivity index (χ4v) is 2.05. The number of benzene rings is 1. The quantitative estimate of drug-likeness (QED) is 0.808. The summed E-state index contributed by atoms with van der Waals surface area (Å²) in [5, 5.41) is 8.84. The summed E-state index contributed by atoms with van der Waals surface area (Å²) in [7, 11) is 0. The van der Waals surface area contributed by atoms with E-state index in [9.17, 15) is 0 Å². The van der Waals surface area contributed by atoms with E-state index in [0.29, 0.717) is 17.3 Å². The predicted octanol–water partition coefficient (Wildman–Crippen LogP) is 2.77. The van der Waals surface area contributed by atoms with E-state index in [-0.39, 0.29) is 0 Å². The molecule has 1 fully saturated rings. The fraction of sp³-hybridized carbons (Fsp3) is 0.500. The van der Waals surface area contributed by atoms with Crippen molar-refractivity contribution in [2.75, 3.05) is 17.2 Å². The Balaban J connectivity index is 2.25. The summed E-state index contributed by atoms with van der Waals surface area (Å²) in [6.07, 6.45) is 2.67. The Morgan fingerprint density at radius 3 is 2.65 bits per heavy atom. The third-order valence-corrected chi connectivity index (χ3v) is 3.24. The number of rotatable bonds is 4. The Kier molecular flexibility index (Phi) is 3.23. The van der Waals surface area contributed by atoms with Gasteiger partial charge in [0.2, 0.25) is 0 Å². The Labute approximate surface area is 103 Å². The summed E-state index contributed by atoms with van der Waals surface area (Å²) in [6.45, 7) is 5.44. The Morgan fingerprint density at radius 2 is 2.18 bits per heavy atom. The number of hydrogen-bond donors (Lipinski definition) is 1. The first kappa shape index (κ1) is 11.8. The van der Waals surface area contributed by atoms with Crippen LogP contribution in [0.2, 0.25) is 0 Å². The summed E-state index contributed by atoms with van der Waals surface area (Å²) in [5.41, 5.74) is 8.43. The minimum atomic E-state index is 0.436. The standard InChI is InChI=1S/C14H19N3/c1-10(2)17(9-11-3-4-11)14-6-5-12(8-15)7-13(14)16/h5-7,10-11H,3-4,9,16H2,1-2H3. The predicted molar refractivity (Wildman–Crippen MR) is 70.8 cm³/mol. The van der Waals surface area contributed by atoms with Crippen LogP contribution in [0.15, 0.2) is 18.2 Å². The number of anilines is 2. The third-order valence-electron chi connectivity index (χ3n) is 3.24. The van der Waals surface area contributed by atoms with Crippen LogP contribution >= 0.6 is 0 Å². The van der Waals surface area contributed by atoms with Crippen molar-refractivity contribution in [3.05, 3.63) is 23.8 Å². The average Bonchev–Trinajstić information content (AvgIpc) is 3.10. The molecular formula is C14H19N3. The van der Waals surface area contributed by atoms with Crippen molar-refractivity contribution < 1.29 is 0 Å². The molecule has 90 valence electrons. The van der Waals surface area contributed by atoms with Gasteiger partial charge in [0.1, 0.15) is 0 Å². The summed E-state index contributed by atoms with van der Waals surface area (Å²) in [4.78, 5) is 2.34. The molecule has 0 heterocycles. The molecule has 0 aromatic heterocycles. The van der Waals surface area contributed by atoms with Crippen molar-refractivity contribution in [1.82, 2.24) is 0 Å². The zero-order valence-electron chi connectivity index (χ0n) is 10.5. The monoisotopic (exact) mass is 229 g/mol. The molecule has 1 aliphatic carbocycles. The average molecular weight is 229 g/mol. The maximum atomic E-state index is 8.84. The van der Waals surface area contributed by atoms with Crippen LogP contribution in [-0.2, 0) is 0 Å². The van der Waals surface area contributed by atoms with Gasteiger partial charge < -0.3 is 10.6 Å². The molecular weight excluding hydrogens is 210 g/mol. The van der Waals surface area contributed by atoms with Gasteiger partial charge in [0.25, 0.3) is 0 Å². The van der Waals surface area contributed by atoms with Crippen molar-refractivity contribution in [3.8, 4) is 6.07 Å². The van der Waals surface area contributed by atoms with Crippen LogP contribution in [0.3, 0.4) is 0 Å². The highest BCUT2D eigenvalue weighted by Crippen LogP contribution is 2.34. The van der Waals surface area contributed by atoms with E-state index in [1.807, 2.05) is 12.1 Å². The molecule has 1 aliphatic rings. The number of nitriles is 1. The summed E-state index contributed by atoms with van der Waals surface area (Å²) in [5.74, 6) is 0.826. The lowest BCUT2D eigenvalue weighted by Crippen LogP contribution is -2.33. The van der Waals surface area contributed by atoms with Gasteiger partial charge in [-0.25, -0.2) is 0 Å². The highest BCUT2D eigenvalue weighted by Gasteiger charge is 2.26. The first-order valence-electron chi connectivity index (χ1n) is 6.18. The van der Waals surface area contributed by atoms with Crippen LogP contribution in [0.5, 0.6) is 0 Å². The Bertz CT molecular complexity index is 441. The molecule has 0 bridgehead atoms. The number of nitrogens with zero attached hydrogens (tertiary/aromatic N) is 2. The van der Waals surface area contributed by atoms with Crippen molar-refractivity contribution >= 4 is 11.4 Å². The van der Waals surface area contributed by atoms with Gasteiger partial charge in [0.05, 0.1) is 23.0 Å². The summed E-state index contributed by atoms with van der Waals surface area (Å²) >= 11 is 0. The summed E-state index contributed by atoms with van der Waals surface area (Å²) in [6, 6.07) is 8.13. The van der Waals surface area contributed by atoms with E-state index in [1.165, 1.54) is 12.8 Å². The molecule has 0 atom stereocenters. The van der Waals surface area contributed by atoms with Crippen molar-refractivity contribution in [1.29, 1.82) is 5.26 Å². The molecule has 0 amide bonds. The summed E-state index contributed by atoms with van der Waals surface area (Å²) < 4.78 is 0. The van der Waals surface area contributed by atoms with Crippen LogP contribution in [0.4, 0.5) is 11.4 Å². The molecule has 2 N–H and O–H groups in total. The second kappa shape index (κ2) is 4.67. The zero-order valence-corrected chi connectivity index (χ0v) is 10.5. The molecule has 17 heavy (non-hydrogen) atoms. The molecule has 0 aliphatic heterocycles. The highest BCUT2D eigenvalue weighted by molar-refractivity contribution is 5.70. The van der Waals surface area contributed by atoms with E-state index in [2.05, 4.69) is 24.8 Å². The zero-order chi connectivity index (χ0) is 12.4. The SMILES string of the molecule is CC(C)N(CC1CC1)c1ccc(C#N)cc1N. The molecule has 3 nitrogen and oxygen atoms in total. The smallest absolute Gasteiger partial charge is 0.0992 e. The third kappa shape index (κ3) is 2.71. The normalized spacial score (nSPS) is 14.7. The van der Waals surface area contributed by atoms with Gasteiger partial charge in [-0.2, -0.15) is 5.26 Å². The fourth-order valence-electron chi connectivity index (χ4n) is 2.05. The van der Waals surface area contributed by atoms with E-state index < -0.39 is 0 Å². The second-order valence-electron chi connectivity index (χ2n) is 5.07. The van der Waals surface area contributed by atoms with E-state index >= 15 is 0 Å². The largest absolute Gasteiger partial charge is 0.397 e. The molecule has 0 radical (unpaired) electrons. The van der Waals surface area contributed by atoms with Crippen LogP contribution in [0, 0.1) is 17.2 Å². The van der Waals surface area contributed by atoms with Gasteiger partial charge in [-0.1, -0.05) is 0 Å². The van der Waals surface area contributed by atoms with Crippen LogP contribution in [0.1, 0.15) is 32.3 Å². The number of nitrogen functional groups attached to an aromatic ring is 1. The van der Waals surface area contributed by atoms with Crippen molar-refractivity contribution in [2.45, 2.75) is 32.7 Å². The second-order valence-corrected chi connectivity index (χ2v) is 5.07. The van der Waals surface area contributed by atoms with E-state index in [4.69, 9.17) is 11.0 Å². The molecule has 0 spiro atoms. The highest BCUT2D eigenvalue weighted by atomic mass is 15.2. The molecule has 3 heteroatoms. The topological polar surface area (TPSA) is 53.0 Å². The minimum Gasteiger partial charge on any atom is -0.397 e. The van der Waals surface area contributed by atoms with Gasteiger partial charge in [-0.3, -0.25) is 0 Å². The van der Waals surface area contributed by atoms with Gasteiger partial charge in [0, 0.05) is 12.6 Å². The molecule has 1 aromatic rings. The first-order chi connectivity index (χ1) is 8.11. The number of nitrogens with two attached hydrogens (primary N) is 1. The molecule has 0 unspecified atom stereocenters. The van der Waals surface area contributed by atoms with Crippen molar-refractivity contribution in [2.24, 2.45) is 5.92 Å². The first-order valence-corrected chi connectivity index (χ1v) is 6.18. The van der Waals surface area contributed by atoms with Crippen LogP contribution in [-0.4, -0.2) is 12.6 Å². The van der Waals surface area contributed by atoms with Gasteiger partial charge in [-0.05, 0) is 50.8 Å². The Hall–Kier alpha value is -1.69. The van der Waals surface area contributed by atoms with Crippen molar-refractivity contribution in [3.63, 3.8) is 0 Å². The maximum Gasteiger partial charge on any atom is 0.0992 e. The molecule has 1 saturated carbocycles. The van der Waals surface area contributed by atoms with Crippen LogP contribution in [0.25, 0.3) is 0 Å². The Morgan fingerprint density at radius 1 is 1.47 bits per heavy atom. The molecule has 1 aromatic carbocycles. The lowest BCUT2D eigenvalue weighted by Gasteiger charge is -2.30. The molecule has 0 saturated heterocycles. The maximum absolute atomic E-state index is 8.84. The lowest BCUT2D eigenvalue weighted by atomic mass is 10.1.